The average molecular weight is 252 g/mol. The smallest absolute Gasteiger partial charge is 0.293 e. The van der Waals surface area contributed by atoms with Gasteiger partial charge in [-0.25, -0.2) is 4.98 Å². The van der Waals surface area contributed by atoms with Crippen molar-refractivity contribution in [1.82, 2.24) is 4.98 Å². The van der Waals surface area contributed by atoms with E-state index in [4.69, 9.17) is 11.6 Å². The average Bonchev–Trinajstić information content (AvgIpc) is 2.98. The largest absolute Gasteiger partial charge is 0.461 e. The van der Waals surface area contributed by atoms with Gasteiger partial charge in [0.2, 0.25) is 0 Å². The third kappa shape index (κ3) is 3.59. The van der Waals surface area contributed by atoms with Crippen molar-refractivity contribution >= 4 is 18.1 Å². The number of pyridine rings is 1. The Morgan fingerprint density at radius 3 is 2.80 bits per heavy atom. The van der Waals surface area contributed by atoms with Gasteiger partial charge in [-0.2, -0.15) is 0 Å². The third-order valence-corrected chi connectivity index (χ3v) is 2.55. The summed E-state index contributed by atoms with van der Waals surface area (Å²) < 4.78 is 4.59. The number of halogens is 1. The molecule has 0 N–H and O–H groups in total. The Labute approximate surface area is 123 Å². The van der Waals surface area contributed by atoms with E-state index in [0.29, 0.717) is 23.2 Å². The minimum absolute atomic E-state index is 0. The van der Waals surface area contributed by atoms with Crippen LogP contribution in [-0.4, -0.2) is 11.5 Å². The fourth-order valence-electron chi connectivity index (χ4n) is 1.38. The van der Waals surface area contributed by atoms with E-state index in [-0.39, 0.29) is 44.3 Å². The molecule has 1 fully saturated rings. The Hall–Kier alpha value is 0.170. The van der Waals surface area contributed by atoms with Crippen LogP contribution in [0, 0.1) is 37.7 Å². The molecule has 2 rings (SSSR count). The molecule has 3 nitrogen and oxygen atoms in total. The van der Waals surface area contributed by atoms with E-state index in [1.807, 2.05) is 12.1 Å². The zero-order valence-corrected chi connectivity index (χ0v) is 9.39. The number of hydrogen-bond donors (Lipinski definition) is 0. The summed E-state index contributed by atoms with van der Waals surface area (Å²) in [4.78, 5) is 14.1. The molecule has 1 aliphatic carbocycles. The first-order valence-corrected chi connectivity index (χ1v) is 4.89. The van der Waals surface area contributed by atoms with Crippen molar-refractivity contribution in [3.05, 3.63) is 28.5 Å². The number of rotatable bonds is 4. The van der Waals surface area contributed by atoms with Gasteiger partial charge in [0.1, 0.15) is 11.8 Å². The molecule has 0 saturated heterocycles. The summed E-state index contributed by atoms with van der Waals surface area (Å²) in [5, 5.41) is 0.541. The molecule has 1 heterocycles. The molecule has 0 bridgehead atoms. The van der Waals surface area contributed by atoms with E-state index < -0.39 is 0 Å². The molecule has 1 aliphatic rings. The molecule has 1 saturated carbocycles. The van der Waals surface area contributed by atoms with Gasteiger partial charge < -0.3 is 4.74 Å². The summed E-state index contributed by atoms with van der Waals surface area (Å²) in [5.41, 5.74) is 1.80. The van der Waals surface area contributed by atoms with Gasteiger partial charge in [-0.15, -0.1) is 0 Å². The maximum atomic E-state index is 9.97. The Kier molecular flexibility index (Phi) is 5.33. The number of carbonyl (C=O) groups excluding carboxylic acids is 1. The van der Waals surface area contributed by atoms with Crippen molar-refractivity contribution in [2.45, 2.75) is 25.4 Å². The molecule has 0 unspecified atom stereocenters. The fraction of sp³-hybridized carbons (Fsp3) is 0.400. The van der Waals surface area contributed by atoms with Gasteiger partial charge in [-0.05, 0) is 30.4 Å². The van der Waals surface area contributed by atoms with Gasteiger partial charge >= 0.3 is 0 Å². The molecule has 0 aliphatic heterocycles. The third-order valence-electron chi connectivity index (χ3n) is 2.25. The van der Waals surface area contributed by atoms with Crippen molar-refractivity contribution < 1.29 is 47.3 Å². The first-order chi connectivity index (χ1) is 6.81. The first-order valence-electron chi connectivity index (χ1n) is 4.52. The molecule has 0 amide bonds. The van der Waals surface area contributed by atoms with Crippen LogP contribution in [0.4, 0.5) is 0 Å². The first kappa shape index (κ1) is 13.2. The van der Waals surface area contributed by atoms with Gasteiger partial charge in [-0.1, -0.05) is 17.7 Å². The van der Waals surface area contributed by atoms with Gasteiger partial charge in [-0.3, -0.25) is 4.79 Å². The number of aromatic nitrogens is 1. The minimum Gasteiger partial charge on any atom is -0.461 e. The normalized spacial score (nSPS) is 14.2. The van der Waals surface area contributed by atoms with Gasteiger partial charge in [0.15, 0.2) is 0 Å². The van der Waals surface area contributed by atoms with Crippen LogP contribution in [0.25, 0.3) is 0 Å². The molecule has 15 heavy (non-hydrogen) atoms. The summed E-state index contributed by atoms with van der Waals surface area (Å²) in [6, 6.07) is 3.82. The Bertz CT molecular complexity index is 355. The molecular weight excluding hydrogens is 242 g/mol. The number of hydrogen-bond acceptors (Lipinski definition) is 3. The second-order valence-electron chi connectivity index (χ2n) is 3.36. The molecule has 0 radical (unpaired) electrons. The van der Waals surface area contributed by atoms with Gasteiger partial charge in [0, 0.05) is 37.7 Å². The summed E-state index contributed by atoms with van der Waals surface area (Å²) in [7, 11) is 0. The van der Waals surface area contributed by atoms with Crippen molar-refractivity contribution in [1.29, 1.82) is 0 Å². The molecule has 82 valence electrons. The monoisotopic (exact) mass is 251 g/mol. The molecular formula is C10H10ArClNO2. The quantitative estimate of drug-likeness (QED) is 0.609. The van der Waals surface area contributed by atoms with Crippen LogP contribution >= 0.6 is 11.6 Å². The molecule has 5 heteroatoms. The minimum atomic E-state index is 0. The second-order valence-corrected chi connectivity index (χ2v) is 3.72. The van der Waals surface area contributed by atoms with Crippen LogP contribution in [0.5, 0.6) is 0 Å². The molecule has 0 aromatic carbocycles. The molecule has 0 atom stereocenters. The number of carbonyl (C=O) groups is 1. The topological polar surface area (TPSA) is 39.2 Å². The van der Waals surface area contributed by atoms with Crippen molar-refractivity contribution in [2.24, 2.45) is 0 Å². The predicted molar refractivity (Wildman–Crippen MR) is 52.1 cm³/mol. The summed E-state index contributed by atoms with van der Waals surface area (Å²) >= 11 is 5.99. The second kappa shape index (κ2) is 6.04. The maximum absolute atomic E-state index is 9.97. The Balaban J connectivity index is 0.00000112. The predicted octanol–water partition coefficient (Wildman–Crippen LogP) is 2.29. The zero-order chi connectivity index (χ0) is 9.97. The van der Waals surface area contributed by atoms with Crippen LogP contribution in [-0.2, 0) is 16.1 Å². The van der Waals surface area contributed by atoms with Gasteiger partial charge in [0.05, 0.1) is 5.69 Å². The maximum Gasteiger partial charge on any atom is 0.293 e. The van der Waals surface area contributed by atoms with Crippen LogP contribution in [0.1, 0.15) is 30.0 Å². The van der Waals surface area contributed by atoms with Crippen molar-refractivity contribution in [3.63, 3.8) is 0 Å². The van der Waals surface area contributed by atoms with Crippen molar-refractivity contribution in [2.75, 3.05) is 0 Å². The number of ether oxygens (including phenoxy) is 1. The summed E-state index contributed by atoms with van der Waals surface area (Å²) in [5.74, 6) is 0.594. The Morgan fingerprint density at radius 2 is 2.27 bits per heavy atom. The van der Waals surface area contributed by atoms with E-state index in [9.17, 15) is 4.79 Å². The molecule has 1 aromatic rings. The zero-order valence-electron chi connectivity index (χ0n) is 7.93. The van der Waals surface area contributed by atoms with E-state index in [0.717, 1.165) is 5.56 Å². The van der Waals surface area contributed by atoms with E-state index in [1.165, 1.54) is 12.8 Å². The molecule has 1 aromatic heterocycles. The van der Waals surface area contributed by atoms with E-state index in [1.54, 1.807) is 0 Å². The van der Waals surface area contributed by atoms with Crippen LogP contribution in [0.15, 0.2) is 12.1 Å². The summed E-state index contributed by atoms with van der Waals surface area (Å²) in [6.07, 6.45) is 2.40. The Morgan fingerprint density at radius 1 is 1.53 bits per heavy atom. The van der Waals surface area contributed by atoms with Crippen LogP contribution in [0.3, 0.4) is 0 Å². The summed E-state index contributed by atoms with van der Waals surface area (Å²) in [6.45, 7) is 0.596. The van der Waals surface area contributed by atoms with E-state index >= 15 is 0 Å². The van der Waals surface area contributed by atoms with E-state index in [2.05, 4.69) is 9.72 Å². The number of nitrogens with zero attached hydrogens (tertiary/aromatic N) is 1. The fourth-order valence-corrected chi connectivity index (χ4v) is 1.71. The standard InChI is InChI=1S/C10H10ClNO2.Ar/c11-10-9(7-1-2-7)4-3-8(12-10)5-14-6-13;/h3-4,6-7H,1-2,5H2;. The van der Waals surface area contributed by atoms with Gasteiger partial charge in [0.25, 0.3) is 6.47 Å². The van der Waals surface area contributed by atoms with Crippen LogP contribution < -0.4 is 0 Å². The SMILES string of the molecule is O=COCc1ccc(C2CC2)c(Cl)n1.[Ar]. The van der Waals surface area contributed by atoms with Crippen LogP contribution in [0.2, 0.25) is 5.15 Å². The van der Waals surface area contributed by atoms with Crippen molar-refractivity contribution in [3.8, 4) is 0 Å². The molecule has 0 spiro atoms.